The minimum Gasteiger partial charge on any atom is -0.360 e. The van der Waals surface area contributed by atoms with E-state index in [0.29, 0.717) is 17.7 Å². The van der Waals surface area contributed by atoms with Gasteiger partial charge >= 0.3 is 0 Å². The lowest BCUT2D eigenvalue weighted by atomic mass is 10.0. The lowest BCUT2D eigenvalue weighted by molar-refractivity contribution is 0.0947. The zero-order valence-corrected chi connectivity index (χ0v) is 18.1. The van der Waals surface area contributed by atoms with Crippen LogP contribution in [0.25, 0.3) is 0 Å². The van der Waals surface area contributed by atoms with Gasteiger partial charge in [0.25, 0.3) is 5.91 Å². The second-order valence-corrected chi connectivity index (χ2v) is 9.84. The fourth-order valence-electron chi connectivity index (χ4n) is 3.90. The maximum atomic E-state index is 13.3. The summed E-state index contributed by atoms with van der Waals surface area (Å²) in [7, 11) is -3.49. The molecule has 0 spiro atoms. The van der Waals surface area contributed by atoms with Gasteiger partial charge in [-0.1, -0.05) is 47.6 Å². The largest absolute Gasteiger partial charge is 0.360 e. The molecule has 0 aliphatic carbocycles. The van der Waals surface area contributed by atoms with Crippen LogP contribution in [0.4, 0.5) is 0 Å². The van der Waals surface area contributed by atoms with Crippen LogP contribution in [0.5, 0.6) is 0 Å². The van der Waals surface area contributed by atoms with Gasteiger partial charge in [-0.25, -0.2) is 8.42 Å². The Labute approximate surface area is 182 Å². The maximum absolute atomic E-state index is 13.3. The molecule has 1 N–H and O–H groups in total. The summed E-state index contributed by atoms with van der Waals surface area (Å²) in [6, 6.07) is 18.0. The number of carbonyl (C=O) groups is 1. The molecule has 31 heavy (non-hydrogen) atoms. The third-order valence-corrected chi connectivity index (χ3v) is 8.03. The standard InChI is InChI=1S/C23H25N3O4S/c1-17-7-12-22(19-5-3-2-4-6-19)31(28,29)26(17)16-18-8-10-20(11-9-18)23(27)24-15-21-13-14-25-30-21/h2-6,8-11,13-14,17,22H,7,12,15-16H2,1H3,(H,24,27). The third-order valence-electron chi connectivity index (χ3n) is 5.66. The van der Waals surface area contributed by atoms with Gasteiger partial charge in [0, 0.05) is 24.2 Å². The van der Waals surface area contributed by atoms with Crippen molar-refractivity contribution in [2.24, 2.45) is 0 Å². The van der Waals surface area contributed by atoms with Gasteiger partial charge in [-0.2, -0.15) is 4.31 Å². The zero-order valence-electron chi connectivity index (χ0n) is 17.3. The first-order valence-corrected chi connectivity index (χ1v) is 11.8. The molecule has 0 radical (unpaired) electrons. The van der Waals surface area contributed by atoms with E-state index in [1.165, 1.54) is 6.20 Å². The minimum absolute atomic E-state index is 0.0742. The molecular weight excluding hydrogens is 414 g/mol. The molecule has 8 heteroatoms. The number of sulfonamides is 1. The van der Waals surface area contributed by atoms with Crippen LogP contribution in [0.1, 0.15) is 52.3 Å². The molecule has 4 rings (SSSR count). The van der Waals surface area contributed by atoms with E-state index in [9.17, 15) is 13.2 Å². The summed E-state index contributed by atoms with van der Waals surface area (Å²) in [5.74, 6) is 0.341. The van der Waals surface area contributed by atoms with Crippen molar-refractivity contribution in [3.8, 4) is 0 Å². The number of nitrogens with one attached hydrogen (secondary N) is 1. The average Bonchev–Trinajstić information content (AvgIpc) is 3.29. The smallest absolute Gasteiger partial charge is 0.251 e. The van der Waals surface area contributed by atoms with Crippen LogP contribution < -0.4 is 5.32 Å². The molecule has 1 fully saturated rings. The Morgan fingerprint density at radius 3 is 2.52 bits per heavy atom. The van der Waals surface area contributed by atoms with E-state index in [0.717, 1.165) is 17.5 Å². The molecule has 1 aliphatic rings. The molecule has 2 aromatic carbocycles. The minimum atomic E-state index is -3.49. The first-order chi connectivity index (χ1) is 14.9. The first kappa shape index (κ1) is 21.3. The van der Waals surface area contributed by atoms with Gasteiger partial charge in [0.1, 0.15) is 5.25 Å². The van der Waals surface area contributed by atoms with E-state index in [2.05, 4.69) is 10.5 Å². The number of carbonyl (C=O) groups excluding carboxylic acids is 1. The van der Waals surface area contributed by atoms with Crippen LogP contribution in [-0.4, -0.2) is 29.8 Å². The SMILES string of the molecule is CC1CCC(c2ccccc2)S(=O)(=O)N1Cc1ccc(C(=O)NCc2ccno2)cc1. The van der Waals surface area contributed by atoms with Crippen molar-refractivity contribution in [2.45, 2.75) is 44.1 Å². The van der Waals surface area contributed by atoms with Crippen molar-refractivity contribution in [1.82, 2.24) is 14.8 Å². The van der Waals surface area contributed by atoms with E-state index < -0.39 is 15.3 Å². The van der Waals surface area contributed by atoms with Crippen LogP contribution >= 0.6 is 0 Å². The van der Waals surface area contributed by atoms with Gasteiger partial charge < -0.3 is 9.84 Å². The van der Waals surface area contributed by atoms with E-state index in [1.54, 1.807) is 34.6 Å². The molecule has 0 bridgehead atoms. The molecule has 2 unspecified atom stereocenters. The Bertz CT molecular complexity index is 1110. The summed E-state index contributed by atoms with van der Waals surface area (Å²) in [5.41, 5.74) is 2.18. The summed E-state index contributed by atoms with van der Waals surface area (Å²) < 4.78 is 33.3. The number of rotatable bonds is 6. The van der Waals surface area contributed by atoms with E-state index in [4.69, 9.17) is 4.52 Å². The van der Waals surface area contributed by atoms with Crippen molar-refractivity contribution in [2.75, 3.05) is 0 Å². The van der Waals surface area contributed by atoms with Crippen molar-refractivity contribution in [1.29, 1.82) is 0 Å². The first-order valence-electron chi connectivity index (χ1n) is 10.3. The van der Waals surface area contributed by atoms with Gasteiger partial charge in [-0.15, -0.1) is 0 Å². The Hall–Kier alpha value is -2.97. The highest BCUT2D eigenvalue weighted by atomic mass is 32.2. The summed E-state index contributed by atoms with van der Waals surface area (Å²) >= 11 is 0. The number of amides is 1. The highest BCUT2D eigenvalue weighted by molar-refractivity contribution is 7.89. The van der Waals surface area contributed by atoms with Crippen molar-refractivity contribution >= 4 is 15.9 Å². The monoisotopic (exact) mass is 439 g/mol. The molecular formula is C23H25N3O4S. The molecule has 7 nitrogen and oxygen atoms in total. The van der Waals surface area contributed by atoms with Crippen LogP contribution in [0, 0.1) is 0 Å². The average molecular weight is 440 g/mol. The van der Waals surface area contributed by atoms with Gasteiger partial charge in [0.2, 0.25) is 10.0 Å². The highest BCUT2D eigenvalue weighted by Gasteiger charge is 2.40. The zero-order chi connectivity index (χ0) is 21.8. The Balaban J connectivity index is 1.45. The summed E-state index contributed by atoms with van der Waals surface area (Å²) in [6.07, 6.45) is 2.95. The second kappa shape index (κ2) is 9.03. The predicted octanol–water partition coefficient (Wildman–Crippen LogP) is 3.66. The molecule has 2 atom stereocenters. The van der Waals surface area contributed by atoms with E-state index in [1.807, 2.05) is 37.3 Å². The number of hydrogen-bond donors (Lipinski definition) is 1. The number of benzene rings is 2. The van der Waals surface area contributed by atoms with Crippen LogP contribution in [-0.2, 0) is 23.1 Å². The van der Waals surface area contributed by atoms with Gasteiger partial charge in [0.15, 0.2) is 5.76 Å². The third kappa shape index (κ3) is 4.70. The normalized spacial score (nSPS) is 20.9. The van der Waals surface area contributed by atoms with Gasteiger partial charge in [-0.05, 0) is 43.0 Å². The number of nitrogens with zero attached hydrogens (tertiary/aromatic N) is 2. The van der Waals surface area contributed by atoms with Crippen molar-refractivity contribution in [3.05, 3.63) is 89.3 Å². The van der Waals surface area contributed by atoms with Crippen LogP contribution in [0.2, 0.25) is 0 Å². The molecule has 1 aliphatic heterocycles. The van der Waals surface area contributed by atoms with Crippen LogP contribution in [0.3, 0.4) is 0 Å². The Kier molecular flexibility index (Phi) is 6.20. The summed E-state index contributed by atoms with van der Waals surface area (Å²) in [5, 5.41) is 5.85. The molecule has 1 saturated heterocycles. The van der Waals surface area contributed by atoms with Gasteiger partial charge in [0.05, 0.1) is 12.7 Å². The van der Waals surface area contributed by atoms with Crippen LogP contribution in [0.15, 0.2) is 71.4 Å². The molecule has 162 valence electrons. The Morgan fingerprint density at radius 1 is 1.10 bits per heavy atom. The predicted molar refractivity (Wildman–Crippen MR) is 116 cm³/mol. The molecule has 3 aromatic rings. The lowest BCUT2D eigenvalue weighted by Gasteiger charge is -2.37. The van der Waals surface area contributed by atoms with Gasteiger partial charge in [-0.3, -0.25) is 4.79 Å². The summed E-state index contributed by atoms with van der Waals surface area (Å²) in [4.78, 5) is 12.3. The molecule has 2 heterocycles. The highest BCUT2D eigenvalue weighted by Crippen LogP contribution is 2.37. The van der Waals surface area contributed by atoms with Crippen molar-refractivity contribution in [3.63, 3.8) is 0 Å². The molecule has 0 saturated carbocycles. The number of aromatic nitrogens is 1. The lowest BCUT2D eigenvalue weighted by Crippen LogP contribution is -2.44. The topological polar surface area (TPSA) is 92.5 Å². The second-order valence-electron chi connectivity index (χ2n) is 7.77. The molecule has 1 aromatic heterocycles. The van der Waals surface area contributed by atoms with Crippen molar-refractivity contribution < 1.29 is 17.7 Å². The fraction of sp³-hybridized carbons (Fsp3) is 0.304. The quantitative estimate of drug-likeness (QED) is 0.633. The Morgan fingerprint density at radius 2 is 1.84 bits per heavy atom. The van der Waals surface area contributed by atoms with E-state index >= 15 is 0 Å². The molecule has 1 amide bonds. The van der Waals surface area contributed by atoms with E-state index in [-0.39, 0.29) is 25.0 Å². The number of hydrogen-bond acceptors (Lipinski definition) is 5. The summed E-state index contributed by atoms with van der Waals surface area (Å²) in [6.45, 7) is 2.49. The maximum Gasteiger partial charge on any atom is 0.251 e. The fourth-order valence-corrected chi connectivity index (χ4v) is 6.09.